The maximum absolute atomic E-state index is 6.15. The van der Waals surface area contributed by atoms with Crippen LogP contribution in [0.2, 0.25) is 5.15 Å². The van der Waals surface area contributed by atoms with Gasteiger partial charge in [-0.1, -0.05) is 24.9 Å². The molecule has 2 rings (SSSR count). The van der Waals surface area contributed by atoms with E-state index < -0.39 is 0 Å². The Morgan fingerprint density at radius 2 is 2.12 bits per heavy atom. The molecule has 17 heavy (non-hydrogen) atoms. The number of methoxy groups -OCH3 is 1. The fourth-order valence-electron chi connectivity index (χ4n) is 2.09. The summed E-state index contributed by atoms with van der Waals surface area (Å²) in [4.78, 5) is 8.98. The molecule has 94 valence electrons. The van der Waals surface area contributed by atoms with Gasteiger partial charge in [-0.15, -0.1) is 0 Å². The molecule has 3 nitrogen and oxygen atoms in total. The predicted molar refractivity (Wildman–Crippen MR) is 71.3 cm³/mol. The third-order valence-electron chi connectivity index (χ3n) is 3.33. The first-order valence-electron chi connectivity index (χ1n) is 5.90. The van der Waals surface area contributed by atoms with E-state index in [9.17, 15) is 0 Å². The number of aromatic nitrogens is 2. The minimum Gasteiger partial charge on any atom is -0.370 e. The topological polar surface area (TPSA) is 35.0 Å². The van der Waals surface area contributed by atoms with E-state index in [0.717, 1.165) is 48.1 Å². The maximum Gasteiger partial charge on any atom is 0.162 e. The van der Waals surface area contributed by atoms with Gasteiger partial charge in [0.1, 0.15) is 10.8 Å². The molecule has 0 unspecified atom stereocenters. The summed E-state index contributed by atoms with van der Waals surface area (Å²) in [5.74, 6) is 0.739. The first-order valence-corrected chi connectivity index (χ1v) is 7.07. The van der Waals surface area contributed by atoms with Crippen LogP contribution in [0, 0.1) is 0 Å². The molecule has 0 aromatic carbocycles. The summed E-state index contributed by atoms with van der Waals surface area (Å²) in [5, 5.41) is 0.488. The molecule has 0 N–H and O–H groups in total. The second-order valence-electron chi connectivity index (χ2n) is 4.40. The Kier molecular flexibility index (Phi) is 4.06. The number of ether oxygens (including phenoxy) is 1. The lowest BCUT2D eigenvalue weighted by atomic mass is 9.79. The molecular weight excluding hydrogens is 304 g/mol. The summed E-state index contributed by atoms with van der Waals surface area (Å²) >= 11 is 9.59. The molecule has 1 aromatic rings. The fraction of sp³-hybridized carbons (Fsp3) is 0.667. The number of rotatable bonds is 4. The molecule has 1 heterocycles. The Bertz CT molecular complexity index is 416. The Labute approximate surface area is 115 Å². The van der Waals surface area contributed by atoms with Crippen LogP contribution in [0.1, 0.15) is 44.1 Å². The van der Waals surface area contributed by atoms with Crippen LogP contribution in [0.5, 0.6) is 0 Å². The standard InChI is InChI=1S/C12H16BrClN2O/c1-3-5-8-9(13)10(14)16-11(15-8)12(17-2)6-4-7-12/h3-7H2,1-2H3. The van der Waals surface area contributed by atoms with Gasteiger partial charge < -0.3 is 4.74 Å². The highest BCUT2D eigenvalue weighted by molar-refractivity contribution is 9.10. The largest absolute Gasteiger partial charge is 0.370 e. The zero-order valence-corrected chi connectivity index (χ0v) is 12.4. The second kappa shape index (κ2) is 5.21. The lowest BCUT2D eigenvalue weighted by molar-refractivity contribution is -0.0848. The summed E-state index contributed by atoms with van der Waals surface area (Å²) in [5.41, 5.74) is 0.679. The van der Waals surface area contributed by atoms with Crippen molar-refractivity contribution in [2.75, 3.05) is 7.11 Å². The molecule has 0 saturated heterocycles. The van der Waals surface area contributed by atoms with Gasteiger partial charge in [0.15, 0.2) is 5.82 Å². The molecule has 1 fully saturated rings. The predicted octanol–water partition coefficient (Wildman–Crippen LogP) is 3.87. The number of nitrogens with zero attached hydrogens (tertiary/aromatic N) is 2. The van der Waals surface area contributed by atoms with Gasteiger partial charge >= 0.3 is 0 Å². The highest BCUT2D eigenvalue weighted by Crippen LogP contribution is 2.43. The van der Waals surface area contributed by atoms with Gasteiger partial charge in [0.2, 0.25) is 0 Å². The summed E-state index contributed by atoms with van der Waals surface area (Å²) in [6, 6.07) is 0. The van der Waals surface area contributed by atoms with Crippen molar-refractivity contribution in [2.24, 2.45) is 0 Å². The summed E-state index contributed by atoms with van der Waals surface area (Å²) in [7, 11) is 1.72. The van der Waals surface area contributed by atoms with Gasteiger partial charge in [0.05, 0.1) is 10.2 Å². The van der Waals surface area contributed by atoms with Gasteiger partial charge in [-0.2, -0.15) is 0 Å². The Hall–Kier alpha value is -0.190. The molecule has 0 amide bonds. The Morgan fingerprint density at radius 3 is 2.59 bits per heavy atom. The van der Waals surface area contributed by atoms with E-state index in [1.807, 2.05) is 0 Å². The van der Waals surface area contributed by atoms with Crippen LogP contribution in [-0.2, 0) is 16.8 Å². The fourth-order valence-corrected chi connectivity index (χ4v) is 2.65. The molecule has 0 aliphatic heterocycles. The average Bonchev–Trinajstić information content (AvgIpc) is 2.24. The van der Waals surface area contributed by atoms with Gasteiger partial charge in [0.25, 0.3) is 0 Å². The van der Waals surface area contributed by atoms with E-state index in [2.05, 4.69) is 32.8 Å². The van der Waals surface area contributed by atoms with Crippen molar-refractivity contribution in [1.82, 2.24) is 9.97 Å². The van der Waals surface area contributed by atoms with Crippen LogP contribution in [0.25, 0.3) is 0 Å². The summed E-state index contributed by atoms with van der Waals surface area (Å²) in [6.45, 7) is 2.12. The Balaban J connectivity index is 2.41. The average molecular weight is 320 g/mol. The Morgan fingerprint density at radius 1 is 1.41 bits per heavy atom. The van der Waals surface area contributed by atoms with Crippen molar-refractivity contribution in [3.05, 3.63) is 21.1 Å². The van der Waals surface area contributed by atoms with Gasteiger partial charge in [-0.25, -0.2) is 9.97 Å². The molecule has 0 bridgehead atoms. The molecule has 0 atom stereocenters. The van der Waals surface area contributed by atoms with Crippen molar-refractivity contribution < 1.29 is 4.74 Å². The minimum atomic E-state index is -0.299. The number of hydrogen-bond donors (Lipinski definition) is 0. The lowest BCUT2D eigenvalue weighted by Crippen LogP contribution is -2.38. The van der Waals surface area contributed by atoms with E-state index in [1.54, 1.807) is 7.11 Å². The molecule has 1 aliphatic rings. The van der Waals surface area contributed by atoms with E-state index in [4.69, 9.17) is 16.3 Å². The third-order valence-corrected chi connectivity index (χ3v) is 4.66. The van der Waals surface area contributed by atoms with Crippen molar-refractivity contribution in [1.29, 1.82) is 0 Å². The second-order valence-corrected chi connectivity index (χ2v) is 5.55. The van der Waals surface area contributed by atoms with Crippen LogP contribution in [0.4, 0.5) is 0 Å². The lowest BCUT2D eigenvalue weighted by Gasteiger charge is -2.39. The summed E-state index contributed by atoms with van der Waals surface area (Å²) < 4.78 is 6.40. The van der Waals surface area contributed by atoms with Crippen molar-refractivity contribution in [2.45, 2.75) is 44.6 Å². The summed E-state index contributed by atoms with van der Waals surface area (Å²) in [6.07, 6.45) is 5.05. The number of halogens is 2. The van der Waals surface area contributed by atoms with E-state index in [1.165, 1.54) is 0 Å². The molecule has 5 heteroatoms. The van der Waals surface area contributed by atoms with Crippen molar-refractivity contribution in [3.8, 4) is 0 Å². The number of aryl methyl sites for hydroxylation is 1. The number of hydrogen-bond acceptors (Lipinski definition) is 3. The molecule has 0 radical (unpaired) electrons. The van der Waals surface area contributed by atoms with Crippen LogP contribution in [0.3, 0.4) is 0 Å². The van der Waals surface area contributed by atoms with E-state index in [-0.39, 0.29) is 5.60 Å². The van der Waals surface area contributed by atoms with Gasteiger partial charge in [-0.3, -0.25) is 0 Å². The van der Waals surface area contributed by atoms with E-state index in [0.29, 0.717) is 5.15 Å². The highest BCUT2D eigenvalue weighted by Gasteiger charge is 2.42. The minimum absolute atomic E-state index is 0.299. The monoisotopic (exact) mass is 318 g/mol. The normalized spacial score (nSPS) is 17.9. The van der Waals surface area contributed by atoms with Crippen LogP contribution < -0.4 is 0 Å². The molecule has 1 aliphatic carbocycles. The smallest absolute Gasteiger partial charge is 0.162 e. The van der Waals surface area contributed by atoms with Crippen LogP contribution >= 0.6 is 27.5 Å². The quantitative estimate of drug-likeness (QED) is 0.790. The molecule has 1 saturated carbocycles. The molecule has 0 spiro atoms. The van der Waals surface area contributed by atoms with Crippen LogP contribution in [0.15, 0.2) is 4.47 Å². The zero-order chi connectivity index (χ0) is 12.5. The first-order chi connectivity index (χ1) is 8.13. The first kappa shape index (κ1) is 13.2. The third kappa shape index (κ3) is 2.35. The zero-order valence-electron chi connectivity index (χ0n) is 10.1. The van der Waals surface area contributed by atoms with Crippen molar-refractivity contribution >= 4 is 27.5 Å². The van der Waals surface area contributed by atoms with Gasteiger partial charge in [0, 0.05) is 7.11 Å². The SMILES string of the molecule is CCCc1nc(C2(OC)CCC2)nc(Cl)c1Br. The van der Waals surface area contributed by atoms with Crippen molar-refractivity contribution in [3.63, 3.8) is 0 Å². The molecule has 1 aromatic heterocycles. The van der Waals surface area contributed by atoms with Gasteiger partial charge in [-0.05, 0) is 41.6 Å². The van der Waals surface area contributed by atoms with E-state index >= 15 is 0 Å². The molecular formula is C12H16BrClN2O. The van der Waals surface area contributed by atoms with Crippen LogP contribution in [-0.4, -0.2) is 17.1 Å². The maximum atomic E-state index is 6.15. The highest BCUT2D eigenvalue weighted by atomic mass is 79.9.